The van der Waals surface area contributed by atoms with Crippen LogP contribution in [0.15, 0.2) is 72.0 Å². The second kappa shape index (κ2) is 10.1. The van der Waals surface area contributed by atoms with E-state index in [1.807, 2.05) is 60.0 Å². The third kappa shape index (κ3) is 5.02. The zero-order chi connectivity index (χ0) is 23.4. The predicted molar refractivity (Wildman–Crippen MR) is 131 cm³/mol. The molecule has 1 atom stereocenters. The lowest BCUT2D eigenvalue weighted by atomic mass is 10.1. The zero-order valence-electron chi connectivity index (χ0n) is 18.3. The second-order valence-electron chi connectivity index (χ2n) is 7.27. The Morgan fingerprint density at radius 3 is 2.58 bits per heavy atom. The van der Waals surface area contributed by atoms with Crippen LogP contribution in [0.3, 0.4) is 0 Å². The molecule has 0 saturated carbocycles. The molecule has 2 aromatic heterocycles. The summed E-state index contributed by atoms with van der Waals surface area (Å²) in [6, 6.07) is 19.1. The fraction of sp³-hybridized carbons (Fsp3) is 0.167. The number of hydrogen-bond acceptors (Lipinski definition) is 6. The number of ether oxygens (including phenoxy) is 1. The molecule has 2 aromatic carbocycles. The van der Waals surface area contributed by atoms with Crippen LogP contribution < -0.4 is 10.1 Å². The van der Waals surface area contributed by atoms with Gasteiger partial charge in [0.1, 0.15) is 5.75 Å². The van der Waals surface area contributed by atoms with Crippen LogP contribution in [0.2, 0.25) is 5.15 Å². The number of aryl methyl sites for hydroxylation is 1. The fourth-order valence-corrected chi connectivity index (χ4v) is 4.24. The zero-order valence-corrected chi connectivity index (χ0v) is 19.9. The van der Waals surface area contributed by atoms with Gasteiger partial charge in [0, 0.05) is 11.9 Å². The number of methoxy groups -OCH3 is 1. The Bertz CT molecular complexity index is 1280. The van der Waals surface area contributed by atoms with Crippen molar-refractivity contribution in [2.75, 3.05) is 12.4 Å². The smallest absolute Gasteiger partial charge is 0.237 e. The molecule has 0 spiro atoms. The van der Waals surface area contributed by atoms with Crippen LogP contribution in [0.4, 0.5) is 5.69 Å². The highest BCUT2D eigenvalue weighted by Crippen LogP contribution is 2.34. The van der Waals surface area contributed by atoms with E-state index >= 15 is 0 Å². The van der Waals surface area contributed by atoms with E-state index in [0.29, 0.717) is 22.4 Å². The molecule has 33 heavy (non-hydrogen) atoms. The number of benzene rings is 2. The Labute approximate surface area is 201 Å². The van der Waals surface area contributed by atoms with E-state index in [1.54, 1.807) is 32.4 Å². The molecule has 7 nitrogen and oxygen atoms in total. The van der Waals surface area contributed by atoms with Gasteiger partial charge in [0.2, 0.25) is 5.91 Å². The third-order valence-corrected chi connectivity index (χ3v) is 6.29. The van der Waals surface area contributed by atoms with Gasteiger partial charge in [0.15, 0.2) is 16.1 Å². The molecule has 1 N–H and O–H groups in total. The van der Waals surface area contributed by atoms with Crippen molar-refractivity contribution in [3.8, 4) is 22.8 Å². The van der Waals surface area contributed by atoms with E-state index in [4.69, 9.17) is 16.3 Å². The average molecular weight is 480 g/mol. The summed E-state index contributed by atoms with van der Waals surface area (Å²) in [6.45, 7) is 3.84. The summed E-state index contributed by atoms with van der Waals surface area (Å²) >= 11 is 7.38. The van der Waals surface area contributed by atoms with E-state index in [9.17, 15) is 4.79 Å². The molecule has 168 valence electrons. The van der Waals surface area contributed by atoms with Gasteiger partial charge in [-0.05, 0) is 50.2 Å². The number of carbonyl (C=O) groups excluding carboxylic acids is 1. The Morgan fingerprint density at radius 2 is 1.85 bits per heavy atom. The Hall–Kier alpha value is -3.36. The number of nitrogens with one attached hydrogen (secondary N) is 1. The summed E-state index contributed by atoms with van der Waals surface area (Å²) in [7, 11) is 1.62. The number of carbonyl (C=O) groups is 1. The first-order valence-electron chi connectivity index (χ1n) is 10.2. The molecule has 4 rings (SSSR count). The number of nitrogens with zero attached hydrogens (tertiary/aromatic N) is 4. The monoisotopic (exact) mass is 479 g/mol. The normalized spacial score (nSPS) is 11.8. The number of amides is 1. The molecule has 1 amide bonds. The Kier molecular flexibility index (Phi) is 6.96. The number of hydrogen-bond donors (Lipinski definition) is 1. The van der Waals surface area contributed by atoms with Gasteiger partial charge in [-0.2, -0.15) is 0 Å². The van der Waals surface area contributed by atoms with E-state index in [-0.39, 0.29) is 11.1 Å². The first-order valence-corrected chi connectivity index (χ1v) is 11.5. The first kappa shape index (κ1) is 22.8. The third-order valence-electron chi connectivity index (χ3n) is 4.94. The van der Waals surface area contributed by atoms with E-state index in [0.717, 1.165) is 16.8 Å². The van der Waals surface area contributed by atoms with Crippen molar-refractivity contribution in [2.24, 2.45) is 0 Å². The Morgan fingerprint density at radius 1 is 1.09 bits per heavy atom. The number of pyridine rings is 1. The minimum atomic E-state index is -0.472. The molecule has 0 fully saturated rings. The summed E-state index contributed by atoms with van der Waals surface area (Å²) in [4.78, 5) is 16.8. The van der Waals surface area contributed by atoms with E-state index < -0.39 is 5.25 Å². The summed E-state index contributed by atoms with van der Waals surface area (Å²) in [5.41, 5.74) is 3.29. The SMILES string of the molecule is COc1ccccc1-c1nnc(SC(C)C(=O)Nc2cccnc2Cl)n1-c1ccc(C)cc1. The molecule has 0 aliphatic heterocycles. The molecular formula is C24H22ClN5O2S. The molecule has 2 heterocycles. The number of para-hydroxylation sites is 1. The molecule has 9 heteroatoms. The largest absolute Gasteiger partial charge is 0.496 e. The van der Waals surface area contributed by atoms with Crippen LogP contribution in [0, 0.1) is 6.92 Å². The van der Waals surface area contributed by atoms with Crippen molar-refractivity contribution in [1.29, 1.82) is 0 Å². The van der Waals surface area contributed by atoms with Gasteiger partial charge >= 0.3 is 0 Å². The maximum absolute atomic E-state index is 12.8. The van der Waals surface area contributed by atoms with Gasteiger partial charge in [-0.1, -0.05) is 53.2 Å². The lowest BCUT2D eigenvalue weighted by molar-refractivity contribution is -0.115. The first-order chi connectivity index (χ1) is 16.0. The second-order valence-corrected chi connectivity index (χ2v) is 8.93. The molecule has 0 aliphatic rings. The number of thioether (sulfide) groups is 1. The van der Waals surface area contributed by atoms with Gasteiger partial charge in [0.05, 0.1) is 23.6 Å². The lowest BCUT2D eigenvalue weighted by Gasteiger charge is -2.15. The van der Waals surface area contributed by atoms with Crippen LogP contribution in [-0.4, -0.2) is 38.0 Å². The highest BCUT2D eigenvalue weighted by Gasteiger charge is 2.23. The van der Waals surface area contributed by atoms with Crippen molar-refractivity contribution in [2.45, 2.75) is 24.3 Å². The quantitative estimate of drug-likeness (QED) is 0.281. The van der Waals surface area contributed by atoms with E-state index in [1.165, 1.54) is 11.8 Å². The summed E-state index contributed by atoms with van der Waals surface area (Å²) < 4.78 is 7.48. The number of aromatic nitrogens is 4. The van der Waals surface area contributed by atoms with Crippen molar-refractivity contribution in [1.82, 2.24) is 19.7 Å². The number of rotatable bonds is 7. The fourth-order valence-electron chi connectivity index (χ4n) is 3.20. The molecule has 0 aliphatic carbocycles. The summed E-state index contributed by atoms with van der Waals surface area (Å²) in [5, 5.41) is 12.0. The molecule has 0 radical (unpaired) electrons. The summed E-state index contributed by atoms with van der Waals surface area (Å²) in [6.07, 6.45) is 1.57. The summed E-state index contributed by atoms with van der Waals surface area (Å²) in [5.74, 6) is 1.10. The minimum absolute atomic E-state index is 0.216. The standard InChI is InChI=1S/C24H22ClN5O2S/c1-15-10-12-17(13-11-15)30-22(18-7-4-5-9-20(18)32-3)28-29-24(30)33-16(2)23(31)27-19-8-6-14-26-21(19)25/h4-14,16H,1-3H3,(H,27,31). The van der Waals surface area contributed by atoms with Crippen molar-refractivity contribution >= 4 is 35.0 Å². The topological polar surface area (TPSA) is 81.9 Å². The highest BCUT2D eigenvalue weighted by atomic mass is 35.5. The molecule has 0 bridgehead atoms. The highest BCUT2D eigenvalue weighted by molar-refractivity contribution is 8.00. The maximum atomic E-state index is 12.8. The average Bonchev–Trinajstić information content (AvgIpc) is 3.24. The maximum Gasteiger partial charge on any atom is 0.237 e. The van der Waals surface area contributed by atoms with E-state index in [2.05, 4.69) is 20.5 Å². The predicted octanol–water partition coefficient (Wildman–Crippen LogP) is 5.42. The van der Waals surface area contributed by atoms with Crippen molar-refractivity contribution < 1.29 is 9.53 Å². The van der Waals surface area contributed by atoms with Crippen LogP contribution in [0.5, 0.6) is 5.75 Å². The van der Waals surface area contributed by atoms with Gasteiger partial charge < -0.3 is 10.1 Å². The van der Waals surface area contributed by atoms with Crippen LogP contribution in [-0.2, 0) is 4.79 Å². The lowest BCUT2D eigenvalue weighted by Crippen LogP contribution is -2.23. The van der Waals surface area contributed by atoms with Gasteiger partial charge in [-0.25, -0.2) is 4.98 Å². The van der Waals surface area contributed by atoms with Gasteiger partial charge in [-0.15, -0.1) is 10.2 Å². The number of halogens is 1. The van der Waals surface area contributed by atoms with Gasteiger partial charge in [0.25, 0.3) is 0 Å². The van der Waals surface area contributed by atoms with Crippen LogP contribution in [0.1, 0.15) is 12.5 Å². The van der Waals surface area contributed by atoms with Gasteiger partial charge in [-0.3, -0.25) is 9.36 Å². The molecule has 4 aromatic rings. The van der Waals surface area contributed by atoms with Crippen LogP contribution >= 0.6 is 23.4 Å². The molecular weight excluding hydrogens is 458 g/mol. The minimum Gasteiger partial charge on any atom is -0.496 e. The molecule has 1 unspecified atom stereocenters. The number of anilines is 1. The molecule has 0 saturated heterocycles. The van der Waals surface area contributed by atoms with Crippen molar-refractivity contribution in [3.63, 3.8) is 0 Å². The van der Waals surface area contributed by atoms with Crippen LogP contribution in [0.25, 0.3) is 17.1 Å². The van der Waals surface area contributed by atoms with Crippen molar-refractivity contribution in [3.05, 3.63) is 77.6 Å². The Balaban J connectivity index is 1.69.